The van der Waals surface area contributed by atoms with Gasteiger partial charge in [-0.05, 0) is 137 Å². The van der Waals surface area contributed by atoms with Crippen molar-refractivity contribution >= 4 is 53.6 Å². The summed E-state index contributed by atoms with van der Waals surface area (Å²) >= 11 is 0. The van der Waals surface area contributed by atoms with Gasteiger partial charge in [-0.25, -0.2) is 0 Å². The summed E-state index contributed by atoms with van der Waals surface area (Å²) in [5.74, 6) is 0. The van der Waals surface area contributed by atoms with Crippen molar-refractivity contribution in [2.24, 2.45) is 0 Å². The molecule has 2 nitrogen and oxygen atoms in total. The van der Waals surface area contributed by atoms with Crippen molar-refractivity contribution in [1.29, 1.82) is 0 Å². The summed E-state index contributed by atoms with van der Waals surface area (Å²) < 4.78 is 4.90. The molecule has 0 saturated heterocycles. The summed E-state index contributed by atoms with van der Waals surface area (Å²) in [4.78, 5) is 5.19. The zero-order chi connectivity index (χ0) is 45.7. The van der Waals surface area contributed by atoms with E-state index in [1.165, 1.54) is 96.6 Å². The van der Waals surface area contributed by atoms with Gasteiger partial charge in [-0.3, -0.25) is 0 Å². The lowest BCUT2D eigenvalue weighted by Crippen LogP contribution is -2.06. The van der Waals surface area contributed by atoms with Crippen molar-refractivity contribution in [3.05, 3.63) is 279 Å². The molecule has 0 spiro atoms. The van der Waals surface area contributed by atoms with Crippen LogP contribution in [0.3, 0.4) is 0 Å². The van der Waals surface area contributed by atoms with Gasteiger partial charge in [0.05, 0.1) is 22.1 Å². The van der Waals surface area contributed by atoms with Gasteiger partial charge in [0.1, 0.15) is 0 Å². The molecule has 0 amide bonds. The van der Waals surface area contributed by atoms with E-state index in [-0.39, 0.29) is 0 Å². The molecule has 326 valence electrons. The maximum atomic E-state index is 2.46. The Kier molecular flexibility index (Phi) is 9.96. The van der Waals surface area contributed by atoms with Gasteiger partial charge in [-0.15, -0.1) is 10.0 Å². The molecule has 0 atom stereocenters. The fraction of sp³-hybridized carbons (Fsp3) is 0. The molecule has 0 N–H and O–H groups in total. The van der Waals surface area contributed by atoms with Crippen LogP contribution in [-0.2, 0) is 0 Å². The summed E-state index contributed by atoms with van der Waals surface area (Å²) in [6.07, 6.45) is 0. The van der Waals surface area contributed by atoms with E-state index < -0.39 is 10.0 Å². The second-order valence-electron chi connectivity index (χ2n) is 17.7. The number of rotatable bonds is 9. The smallest absolute Gasteiger partial charge is 0.0547 e. The Labute approximate surface area is 404 Å². The summed E-state index contributed by atoms with van der Waals surface area (Å²) in [5, 5.41) is 4.95. The van der Waals surface area contributed by atoms with Crippen molar-refractivity contribution in [3.8, 4) is 44.8 Å². The minimum Gasteiger partial charge on any atom is -0.309 e. The van der Waals surface area contributed by atoms with E-state index >= 15 is 0 Å². The van der Waals surface area contributed by atoms with Crippen molar-refractivity contribution in [2.45, 2.75) is 19.6 Å². The largest absolute Gasteiger partial charge is 0.309 e. The second-order valence-corrected chi connectivity index (χ2v) is 20.8. The van der Waals surface area contributed by atoms with Crippen LogP contribution in [0.5, 0.6) is 0 Å². The summed E-state index contributed by atoms with van der Waals surface area (Å²) in [5.41, 5.74) is 14.3. The molecule has 13 rings (SSSR count). The van der Waals surface area contributed by atoms with Crippen LogP contribution >= 0.6 is 10.0 Å². The fourth-order valence-electron chi connectivity index (χ4n) is 10.8. The van der Waals surface area contributed by atoms with Crippen molar-refractivity contribution in [2.75, 3.05) is 0 Å². The molecular formula is C66H46N2S. The summed E-state index contributed by atoms with van der Waals surface area (Å²) in [6, 6.07) is 103. The third-order valence-corrected chi connectivity index (χ3v) is 17.7. The Balaban J connectivity index is 0.967. The zero-order valence-electron chi connectivity index (χ0n) is 37.9. The average molecular weight is 899 g/mol. The Bertz CT molecular complexity index is 3940. The lowest BCUT2D eigenvalue weighted by Gasteiger charge is -2.42. The molecule has 11 aromatic carbocycles. The second kappa shape index (κ2) is 16.9. The van der Waals surface area contributed by atoms with E-state index in [1.807, 2.05) is 0 Å². The molecule has 0 bridgehead atoms. The number of hydrogen-bond acceptors (Lipinski definition) is 0. The van der Waals surface area contributed by atoms with Crippen molar-refractivity contribution < 1.29 is 0 Å². The third kappa shape index (κ3) is 6.73. The Morgan fingerprint density at radius 1 is 0.232 bits per heavy atom. The lowest BCUT2D eigenvalue weighted by atomic mass is 9.96. The van der Waals surface area contributed by atoms with E-state index in [0.717, 1.165) is 11.4 Å². The normalized spacial score (nSPS) is 12.0. The highest BCUT2D eigenvalue weighted by atomic mass is 32.3. The third-order valence-electron chi connectivity index (χ3n) is 13.8. The van der Waals surface area contributed by atoms with Gasteiger partial charge in [0.25, 0.3) is 0 Å². The van der Waals surface area contributed by atoms with E-state index in [4.69, 9.17) is 0 Å². The maximum Gasteiger partial charge on any atom is 0.0547 e. The average Bonchev–Trinajstić information content (AvgIpc) is 3.95. The molecule has 0 saturated carbocycles. The molecule has 2 heterocycles. The van der Waals surface area contributed by atoms with Crippen LogP contribution in [0.25, 0.3) is 88.4 Å². The number of para-hydroxylation sites is 2. The first-order valence-corrected chi connectivity index (χ1v) is 25.3. The van der Waals surface area contributed by atoms with E-state index in [1.54, 1.807) is 0 Å². The van der Waals surface area contributed by atoms with E-state index in [2.05, 4.69) is 288 Å². The molecule has 0 radical (unpaired) electrons. The molecule has 0 unspecified atom stereocenters. The Morgan fingerprint density at radius 2 is 0.667 bits per heavy atom. The SMILES string of the molecule is c1ccc(-c2cccc(-c3cccc4c3c3ccccc3n4-c3ccc4c(c3)c3ccccc3n4-c3ccc(S(c4ccccc4)(c4ccccc4)c4cccc(-c5ccccc5)c4)cc3)c2)cc1. The monoisotopic (exact) mass is 898 g/mol. The quantitative estimate of drug-likeness (QED) is 0.137. The molecule has 0 aliphatic heterocycles. The summed E-state index contributed by atoms with van der Waals surface area (Å²) in [6.45, 7) is 0. The number of aromatic nitrogens is 2. The Morgan fingerprint density at radius 3 is 1.33 bits per heavy atom. The van der Waals surface area contributed by atoms with Crippen LogP contribution in [0, 0.1) is 0 Å². The van der Waals surface area contributed by atoms with Crippen LogP contribution in [0.2, 0.25) is 0 Å². The molecule has 0 fully saturated rings. The topological polar surface area (TPSA) is 9.86 Å². The van der Waals surface area contributed by atoms with Crippen LogP contribution < -0.4 is 0 Å². The minimum absolute atomic E-state index is 1.13. The van der Waals surface area contributed by atoms with Crippen LogP contribution in [-0.4, -0.2) is 9.13 Å². The molecule has 69 heavy (non-hydrogen) atoms. The minimum atomic E-state index is -1.93. The van der Waals surface area contributed by atoms with E-state index in [0.29, 0.717) is 0 Å². The van der Waals surface area contributed by atoms with Crippen LogP contribution in [0.15, 0.2) is 299 Å². The standard InChI is InChI=1S/C66H46N2S/c1-5-20-47(21-6-1)49-24-17-26-51(44-49)58-34-19-37-65-66(58)60-33-14-16-36-63(60)68(65)53-40-43-64-61(46-53)59-32-13-15-35-62(59)67(64)52-38-41-56(42-39-52)69(54-27-9-3-10-28-54,55-29-11-4-12-30-55)57-31-18-25-50(45-57)48-22-7-2-8-23-48/h1-46H. The predicted molar refractivity (Wildman–Crippen MR) is 291 cm³/mol. The van der Waals surface area contributed by atoms with Gasteiger partial charge in [0, 0.05) is 52.5 Å². The van der Waals surface area contributed by atoms with Crippen LogP contribution in [0.4, 0.5) is 0 Å². The first-order chi connectivity index (χ1) is 34.2. The number of benzene rings is 11. The molecule has 13 aromatic rings. The number of hydrogen-bond donors (Lipinski definition) is 0. The summed E-state index contributed by atoms with van der Waals surface area (Å²) in [7, 11) is -1.93. The highest BCUT2D eigenvalue weighted by Crippen LogP contribution is 2.73. The van der Waals surface area contributed by atoms with Gasteiger partial charge >= 0.3 is 0 Å². The molecule has 2 aromatic heterocycles. The van der Waals surface area contributed by atoms with Crippen molar-refractivity contribution in [1.82, 2.24) is 9.13 Å². The molecule has 3 heteroatoms. The number of fused-ring (bicyclic) bond motifs is 6. The zero-order valence-corrected chi connectivity index (χ0v) is 38.7. The highest BCUT2D eigenvalue weighted by molar-refractivity contribution is 8.34. The Hall–Kier alpha value is -8.63. The van der Waals surface area contributed by atoms with E-state index in [9.17, 15) is 0 Å². The van der Waals surface area contributed by atoms with Crippen molar-refractivity contribution in [3.63, 3.8) is 0 Å². The maximum absolute atomic E-state index is 2.46. The first kappa shape index (κ1) is 40.6. The van der Waals surface area contributed by atoms with Crippen LogP contribution in [0.1, 0.15) is 0 Å². The van der Waals surface area contributed by atoms with Gasteiger partial charge in [0.2, 0.25) is 0 Å². The number of nitrogens with zero attached hydrogens (tertiary/aromatic N) is 2. The molecule has 0 aliphatic rings. The van der Waals surface area contributed by atoms with Gasteiger partial charge in [-0.1, -0.05) is 176 Å². The molecule has 0 aliphatic carbocycles. The first-order valence-electron chi connectivity index (χ1n) is 23.7. The van der Waals surface area contributed by atoms with Gasteiger partial charge in [-0.2, -0.15) is 0 Å². The fourth-order valence-corrected chi connectivity index (χ4v) is 14.7. The highest BCUT2D eigenvalue weighted by Gasteiger charge is 2.34. The molecular weight excluding hydrogens is 853 g/mol. The van der Waals surface area contributed by atoms with Gasteiger partial charge < -0.3 is 9.13 Å². The predicted octanol–water partition coefficient (Wildman–Crippen LogP) is 18.2. The lowest BCUT2D eigenvalue weighted by molar-refractivity contribution is 1.15. The van der Waals surface area contributed by atoms with Gasteiger partial charge in [0.15, 0.2) is 0 Å².